The van der Waals surface area contributed by atoms with E-state index in [2.05, 4.69) is 10.6 Å². The van der Waals surface area contributed by atoms with Gasteiger partial charge in [-0.05, 0) is 30.9 Å². The van der Waals surface area contributed by atoms with Gasteiger partial charge in [0, 0.05) is 11.9 Å². The lowest BCUT2D eigenvalue weighted by atomic mass is 10.1. The molecule has 0 spiro atoms. The lowest BCUT2D eigenvalue weighted by Gasteiger charge is -2.20. The maximum atomic E-state index is 12.8. The van der Waals surface area contributed by atoms with Crippen molar-refractivity contribution in [2.45, 2.75) is 31.2 Å². The van der Waals surface area contributed by atoms with E-state index in [0.717, 1.165) is 16.1 Å². The van der Waals surface area contributed by atoms with Crippen molar-refractivity contribution in [2.24, 2.45) is 0 Å². The molecule has 2 N–H and O–H groups in total. The number of hydrogen-bond acceptors (Lipinski definition) is 4. The third-order valence-corrected chi connectivity index (χ3v) is 6.09. The summed E-state index contributed by atoms with van der Waals surface area (Å²) in [5.41, 5.74) is 0.483. The van der Waals surface area contributed by atoms with Gasteiger partial charge in [0.15, 0.2) is 0 Å². The Kier molecular flexibility index (Phi) is 4.86. The maximum absolute atomic E-state index is 12.8. The molecule has 0 radical (unpaired) electrons. The van der Waals surface area contributed by atoms with Crippen molar-refractivity contribution < 1.29 is 18.0 Å². The Balaban J connectivity index is 1.80. The molecule has 2 aromatic carbocycles. The van der Waals surface area contributed by atoms with Crippen LogP contribution in [0.2, 0.25) is 0 Å². The number of nitrogens with one attached hydrogen (secondary N) is 2. The molecule has 8 heteroatoms. The molecular formula is C18H21N3O4S. The van der Waals surface area contributed by atoms with Crippen LogP contribution in [0.4, 0.5) is 5.69 Å². The van der Waals surface area contributed by atoms with Gasteiger partial charge in [0.1, 0.15) is 12.6 Å². The van der Waals surface area contributed by atoms with E-state index in [1.807, 2.05) is 19.1 Å². The van der Waals surface area contributed by atoms with E-state index in [0.29, 0.717) is 17.6 Å². The summed E-state index contributed by atoms with van der Waals surface area (Å²) in [7, 11) is -3.79. The van der Waals surface area contributed by atoms with Crippen molar-refractivity contribution in [3.8, 4) is 0 Å². The first-order chi connectivity index (χ1) is 12.4. The highest BCUT2D eigenvalue weighted by atomic mass is 32.2. The number of carbonyl (C=O) groups is 2. The van der Waals surface area contributed by atoms with E-state index in [1.165, 1.54) is 0 Å². The zero-order valence-corrected chi connectivity index (χ0v) is 15.5. The van der Waals surface area contributed by atoms with E-state index >= 15 is 0 Å². The van der Waals surface area contributed by atoms with Crippen LogP contribution in [0, 0.1) is 0 Å². The standard InChI is InChI=1S/C18H21N3O4S/c1-3-10-19-18(23)12(2)20-16(22)11-21-14-8-4-6-13-7-5-9-15(17(13)14)26(21,24)25/h4-9,12H,3,10-11H2,1-2H3,(H,19,23)(H,20,22)/t12-/m1/s1. The number of rotatable bonds is 6. The lowest BCUT2D eigenvalue weighted by molar-refractivity contribution is -0.127. The van der Waals surface area contributed by atoms with Crippen LogP contribution in [-0.2, 0) is 19.6 Å². The quantitative estimate of drug-likeness (QED) is 0.797. The molecule has 1 aliphatic rings. The number of benzene rings is 2. The van der Waals surface area contributed by atoms with Crippen molar-refractivity contribution >= 4 is 38.3 Å². The molecule has 0 aliphatic carbocycles. The molecule has 0 aromatic heterocycles. The molecule has 1 heterocycles. The van der Waals surface area contributed by atoms with Crippen molar-refractivity contribution in [3.63, 3.8) is 0 Å². The van der Waals surface area contributed by atoms with Gasteiger partial charge in [0.25, 0.3) is 10.0 Å². The number of amides is 2. The summed E-state index contributed by atoms with van der Waals surface area (Å²) in [6, 6.07) is 9.60. The van der Waals surface area contributed by atoms with Crippen LogP contribution in [0.15, 0.2) is 41.3 Å². The molecule has 3 rings (SSSR count). The summed E-state index contributed by atoms with van der Waals surface area (Å²) in [6.07, 6.45) is 0.792. The molecule has 1 atom stereocenters. The first kappa shape index (κ1) is 18.2. The highest BCUT2D eigenvalue weighted by Gasteiger charge is 2.36. The van der Waals surface area contributed by atoms with Gasteiger partial charge < -0.3 is 10.6 Å². The minimum absolute atomic E-state index is 0.201. The fraction of sp³-hybridized carbons (Fsp3) is 0.333. The van der Waals surface area contributed by atoms with Gasteiger partial charge in [-0.1, -0.05) is 31.2 Å². The van der Waals surface area contributed by atoms with Gasteiger partial charge in [-0.25, -0.2) is 8.42 Å². The second kappa shape index (κ2) is 6.95. The number of nitrogens with zero attached hydrogens (tertiary/aromatic N) is 1. The second-order valence-electron chi connectivity index (χ2n) is 6.22. The highest BCUT2D eigenvalue weighted by molar-refractivity contribution is 7.93. The summed E-state index contributed by atoms with van der Waals surface area (Å²) < 4.78 is 26.8. The summed E-state index contributed by atoms with van der Waals surface area (Å²) >= 11 is 0. The van der Waals surface area contributed by atoms with Crippen molar-refractivity contribution in [3.05, 3.63) is 36.4 Å². The van der Waals surface area contributed by atoms with Crippen molar-refractivity contribution in [1.82, 2.24) is 10.6 Å². The van der Waals surface area contributed by atoms with Crippen LogP contribution in [-0.4, -0.2) is 39.4 Å². The minimum atomic E-state index is -3.79. The molecule has 0 unspecified atom stereocenters. The third kappa shape index (κ3) is 3.12. The molecule has 2 aromatic rings. The predicted octanol–water partition coefficient (Wildman–Crippen LogP) is 1.38. The topological polar surface area (TPSA) is 95.6 Å². The molecule has 2 amide bonds. The van der Waals surface area contributed by atoms with E-state index in [9.17, 15) is 18.0 Å². The van der Waals surface area contributed by atoms with Gasteiger partial charge in [0.2, 0.25) is 11.8 Å². The second-order valence-corrected chi connectivity index (χ2v) is 8.05. The predicted molar refractivity (Wildman–Crippen MR) is 99.4 cm³/mol. The molecule has 0 fully saturated rings. The van der Waals surface area contributed by atoms with Crippen LogP contribution >= 0.6 is 0 Å². The maximum Gasteiger partial charge on any atom is 0.265 e. The Morgan fingerprint density at radius 3 is 2.54 bits per heavy atom. The summed E-state index contributed by atoms with van der Waals surface area (Å²) in [4.78, 5) is 24.4. The molecule has 0 saturated carbocycles. The Bertz CT molecular complexity index is 966. The fourth-order valence-corrected chi connectivity index (χ4v) is 4.68. The van der Waals surface area contributed by atoms with E-state index in [1.54, 1.807) is 31.2 Å². The average Bonchev–Trinajstić information content (AvgIpc) is 2.83. The highest BCUT2D eigenvalue weighted by Crippen LogP contribution is 2.41. The smallest absolute Gasteiger partial charge is 0.265 e. The van der Waals surface area contributed by atoms with E-state index in [4.69, 9.17) is 0 Å². The van der Waals surface area contributed by atoms with E-state index in [-0.39, 0.29) is 17.3 Å². The molecule has 0 saturated heterocycles. The minimum Gasteiger partial charge on any atom is -0.354 e. The largest absolute Gasteiger partial charge is 0.354 e. The number of hydrogen-bond donors (Lipinski definition) is 2. The Hall–Kier alpha value is -2.61. The van der Waals surface area contributed by atoms with Gasteiger partial charge >= 0.3 is 0 Å². The monoisotopic (exact) mass is 375 g/mol. The molecule has 138 valence electrons. The van der Waals surface area contributed by atoms with E-state index < -0.39 is 22.0 Å². The number of sulfonamides is 1. The zero-order valence-electron chi connectivity index (χ0n) is 14.7. The lowest BCUT2D eigenvalue weighted by Crippen LogP contribution is -2.48. The number of anilines is 1. The van der Waals surface area contributed by atoms with Crippen LogP contribution < -0.4 is 14.9 Å². The molecule has 1 aliphatic heterocycles. The molecule has 0 bridgehead atoms. The van der Waals surface area contributed by atoms with Gasteiger partial charge in [0.05, 0.1) is 10.6 Å². The first-order valence-electron chi connectivity index (χ1n) is 8.48. The average molecular weight is 375 g/mol. The van der Waals surface area contributed by atoms with Gasteiger partial charge in [-0.15, -0.1) is 0 Å². The van der Waals surface area contributed by atoms with Crippen molar-refractivity contribution in [1.29, 1.82) is 0 Å². The summed E-state index contributed by atoms with van der Waals surface area (Å²) in [5.74, 6) is -0.826. The molecular weight excluding hydrogens is 354 g/mol. The Morgan fingerprint density at radius 1 is 1.15 bits per heavy atom. The normalized spacial score (nSPS) is 15.7. The Morgan fingerprint density at radius 2 is 1.85 bits per heavy atom. The van der Waals surface area contributed by atoms with Crippen LogP contribution in [0.3, 0.4) is 0 Å². The van der Waals surface area contributed by atoms with Crippen LogP contribution in [0.1, 0.15) is 20.3 Å². The fourth-order valence-electron chi connectivity index (χ4n) is 3.01. The van der Waals surface area contributed by atoms with Crippen molar-refractivity contribution in [2.75, 3.05) is 17.4 Å². The Labute approximate surface area is 152 Å². The molecule has 7 nitrogen and oxygen atoms in total. The van der Waals surface area contributed by atoms with Crippen LogP contribution in [0.25, 0.3) is 10.8 Å². The SMILES string of the molecule is CCCNC(=O)[C@@H](C)NC(=O)CN1c2cccc3cccc(c23)S1(=O)=O. The summed E-state index contributed by atoms with van der Waals surface area (Å²) in [5, 5.41) is 6.67. The summed E-state index contributed by atoms with van der Waals surface area (Å²) in [6.45, 7) is 3.65. The van der Waals surface area contributed by atoms with Gasteiger partial charge in [-0.3, -0.25) is 13.9 Å². The first-order valence-corrected chi connectivity index (χ1v) is 9.92. The van der Waals surface area contributed by atoms with Gasteiger partial charge in [-0.2, -0.15) is 0 Å². The third-order valence-electron chi connectivity index (χ3n) is 4.29. The number of carbonyl (C=O) groups excluding carboxylic acids is 2. The van der Waals surface area contributed by atoms with Crippen LogP contribution in [0.5, 0.6) is 0 Å². The zero-order chi connectivity index (χ0) is 18.9. The molecule has 26 heavy (non-hydrogen) atoms.